The minimum Gasteiger partial charge on any atom is -0.464 e. The highest BCUT2D eigenvalue weighted by Gasteiger charge is 2.14. The minimum atomic E-state index is -0.321. The van der Waals surface area contributed by atoms with Crippen LogP contribution in [-0.2, 0) is 20.7 Å². The van der Waals surface area contributed by atoms with Crippen molar-refractivity contribution in [3.63, 3.8) is 0 Å². The van der Waals surface area contributed by atoms with E-state index in [1.54, 1.807) is 18.4 Å². The maximum atomic E-state index is 12.0. The van der Waals surface area contributed by atoms with Crippen LogP contribution in [0.2, 0.25) is 0 Å². The monoisotopic (exact) mass is 339 g/mol. The zero-order valence-corrected chi connectivity index (χ0v) is 15.2. The lowest BCUT2D eigenvalue weighted by molar-refractivity contribution is -0.148. The van der Waals surface area contributed by atoms with Crippen LogP contribution in [0.4, 0.5) is 0 Å². The molecule has 5 heteroatoms. The van der Waals surface area contributed by atoms with Gasteiger partial charge in [-0.25, -0.2) is 0 Å². The van der Waals surface area contributed by atoms with E-state index in [0.717, 1.165) is 17.7 Å². The Morgan fingerprint density at radius 2 is 1.83 bits per heavy atom. The zero-order chi connectivity index (χ0) is 16.9. The van der Waals surface area contributed by atoms with Gasteiger partial charge < -0.3 is 9.64 Å². The van der Waals surface area contributed by atoms with Gasteiger partial charge in [0.1, 0.15) is 6.54 Å². The van der Waals surface area contributed by atoms with Crippen LogP contribution in [0.1, 0.15) is 56.7 Å². The highest BCUT2D eigenvalue weighted by atomic mass is 32.1. The molecule has 0 fully saturated rings. The Bertz CT molecular complexity index is 445. The topological polar surface area (TPSA) is 46.6 Å². The van der Waals surface area contributed by atoms with Crippen LogP contribution in [0.15, 0.2) is 17.5 Å². The SMILES string of the molecule is CCCCCCCCCOC(=O)CN(C)C(=O)Cc1cccs1. The molecule has 0 bridgehead atoms. The van der Waals surface area contributed by atoms with Gasteiger partial charge in [0.2, 0.25) is 5.91 Å². The molecule has 0 atom stereocenters. The van der Waals surface area contributed by atoms with Gasteiger partial charge in [0.05, 0.1) is 13.0 Å². The van der Waals surface area contributed by atoms with Crippen molar-refractivity contribution in [1.82, 2.24) is 4.90 Å². The standard InChI is InChI=1S/C18H29NO3S/c1-3-4-5-6-7-8-9-12-22-18(21)15-19(2)17(20)14-16-11-10-13-23-16/h10-11,13H,3-9,12,14-15H2,1-2H3. The van der Waals surface area contributed by atoms with Gasteiger partial charge in [-0.15, -0.1) is 11.3 Å². The van der Waals surface area contributed by atoms with Crippen LogP contribution in [0, 0.1) is 0 Å². The largest absolute Gasteiger partial charge is 0.464 e. The first-order valence-electron chi connectivity index (χ1n) is 8.55. The molecule has 1 amide bonds. The van der Waals surface area contributed by atoms with E-state index in [2.05, 4.69) is 6.92 Å². The molecule has 0 aliphatic heterocycles. The third-order valence-corrected chi connectivity index (χ3v) is 4.58. The van der Waals surface area contributed by atoms with Crippen molar-refractivity contribution in [2.75, 3.05) is 20.2 Å². The fourth-order valence-corrected chi connectivity index (χ4v) is 2.97. The fourth-order valence-electron chi connectivity index (χ4n) is 2.27. The van der Waals surface area contributed by atoms with Gasteiger partial charge in [0.25, 0.3) is 0 Å². The smallest absolute Gasteiger partial charge is 0.325 e. The number of hydrogen-bond donors (Lipinski definition) is 0. The molecular formula is C18H29NO3S. The van der Waals surface area contributed by atoms with Crippen LogP contribution >= 0.6 is 11.3 Å². The van der Waals surface area contributed by atoms with Crippen LogP contribution in [-0.4, -0.2) is 37.0 Å². The summed E-state index contributed by atoms with van der Waals surface area (Å²) >= 11 is 1.55. The molecule has 0 aliphatic rings. The summed E-state index contributed by atoms with van der Waals surface area (Å²) in [5.41, 5.74) is 0. The van der Waals surface area contributed by atoms with Crippen LogP contribution < -0.4 is 0 Å². The first-order valence-corrected chi connectivity index (χ1v) is 9.43. The van der Waals surface area contributed by atoms with E-state index in [1.807, 2.05) is 17.5 Å². The summed E-state index contributed by atoms with van der Waals surface area (Å²) in [6.07, 6.45) is 8.69. The summed E-state index contributed by atoms with van der Waals surface area (Å²) in [7, 11) is 1.64. The molecule has 1 aromatic rings. The van der Waals surface area contributed by atoms with E-state index in [4.69, 9.17) is 4.74 Å². The molecule has 23 heavy (non-hydrogen) atoms. The normalized spacial score (nSPS) is 10.5. The maximum absolute atomic E-state index is 12.0. The number of likely N-dealkylation sites (N-methyl/N-ethyl adjacent to an activating group) is 1. The van der Waals surface area contributed by atoms with Crippen molar-refractivity contribution in [3.8, 4) is 0 Å². The van der Waals surface area contributed by atoms with Crippen LogP contribution in [0.5, 0.6) is 0 Å². The molecule has 0 radical (unpaired) electrons. The number of amides is 1. The van der Waals surface area contributed by atoms with Crippen LogP contribution in [0.3, 0.4) is 0 Å². The van der Waals surface area contributed by atoms with Crippen molar-refractivity contribution < 1.29 is 14.3 Å². The molecule has 1 heterocycles. The summed E-state index contributed by atoms with van der Waals surface area (Å²) in [4.78, 5) is 26.1. The lowest BCUT2D eigenvalue weighted by atomic mass is 10.1. The van der Waals surface area contributed by atoms with Crippen LogP contribution in [0.25, 0.3) is 0 Å². The second-order valence-corrected chi connectivity index (χ2v) is 6.88. The van der Waals surface area contributed by atoms with E-state index in [0.29, 0.717) is 13.0 Å². The predicted molar refractivity (Wildman–Crippen MR) is 94.6 cm³/mol. The first kappa shape index (κ1) is 19.7. The third-order valence-electron chi connectivity index (χ3n) is 3.71. The number of carbonyl (C=O) groups is 2. The Balaban J connectivity index is 2.05. The molecule has 0 aromatic carbocycles. The van der Waals surface area contributed by atoms with Gasteiger partial charge in [-0.1, -0.05) is 51.5 Å². The van der Waals surface area contributed by atoms with Crippen molar-refractivity contribution in [2.24, 2.45) is 0 Å². The first-order chi connectivity index (χ1) is 11.1. The second kappa shape index (κ2) is 12.1. The van der Waals surface area contributed by atoms with Crippen molar-refractivity contribution in [1.29, 1.82) is 0 Å². The molecule has 0 spiro atoms. The van der Waals surface area contributed by atoms with Gasteiger partial charge in [0.15, 0.2) is 0 Å². The summed E-state index contributed by atoms with van der Waals surface area (Å²) < 4.78 is 5.20. The predicted octanol–water partition coefficient (Wildman–Crippen LogP) is 4.04. The Labute approximate surface area is 143 Å². The molecule has 0 saturated heterocycles. The van der Waals surface area contributed by atoms with E-state index < -0.39 is 0 Å². The number of esters is 1. The zero-order valence-electron chi connectivity index (χ0n) is 14.4. The van der Waals surface area contributed by atoms with E-state index in [-0.39, 0.29) is 18.4 Å². The molecule has 4 nitrogen and oxygen atoms in total. The molecular weight excluding hydrogens is 310 g/mol. The van der Waals surface area contributed by atoms with Gasteiger partial charge in [-0.2, -0.15) is 0 Å². The second-order valence-electron chi connectivity index (χ2n) is 5.85. The number of rotatable bonds is 12. The number of carbonyl (C=O) groups excluding carboxylic acids is 2. The summed E-state index contributed by atoms with van der Waals surface area (Å²) in [6.45, 7) is 2.70. The molecule has 0 saturated carbocycles. The molecule has 130 valence electrons. The van der Waals surface area contributed by atoms with Crippen molar-refractivity contribution in [3.05, 3.63) is 22.4 Å². The molecule has 1 aromatic heterocycles. The highest BCUT2D eigenvalue weighted by Crippen LogP contribution is 2.10. The minimum absolute atomic E-state index is 0.0285. The number of hydrogen-bond acceptors (Lipinski definition) is 4. The lowest BCUT2D eigenvalue weighted by Crippen LogP contribution is -2.34. The van der Waals surface area contributed by atoms with Gasteiger partial charge in [-0.3, -0.25) is 9.59 Å². The summed E-state index contributed by atoms with van der Waals surface area (Å²) in [6, 6.07) is 3.85. The van der Waals surface area contributed by atoms with Crippen molar-refractivity contribution in [2.45, 2.75) is 58.3 Å². The Kier molecular flexibility index (Phi) is 10.4. The fraction of sp³-hybridized carbons (Fsp3) is 0.667. The van der Waals surface area contributed by atoms with E-state index >= 15 is 0 Å². The average Bonchev–Trinajstić information content (AvgIpc) is 3.02. The Hall–Kier alpha value is -1.36. The Morgan fingerprint density at radius 1 is 1.13 bits per heavy atom. The summed E-state index contributed by atoms with van der Waals surface area (Å²) in [5.74, 6) is -0.377. The molecule has 0 aliphatic carbocycles. The molecule has 0 N–H and O–H groups in total. The number of thiophene rings is 1. The lowest BCUT2D eigenvalue weighted by Gasteiger charge is -2.15. The average molecular weight is 340 g/mol. The summed E-state index contributed by atoms with van der Waals surface area (Å²) in [5, 5.41) is 1.94. The highest BCUT2D eigenvalue weighted by molar-refractivity contribution is 7.10. The molecule has 0 unspecified atom stereocenters. The number of unbranched alkanes of at least 4 members (excludes halogenated alkanes) is 6. The van der Waals surface area contributed by atoms with E-state index in [9.17, 15) is 9.59 Å². The maximum Gasteiger partial charge on any atom is 0.325 e. The number of ether oxygens (including phenoxy) is 1. The number of nitrogens with zero attached hydrogens (tertiary/aromatic N) is 1. The third kappa shape index (κ3) is 9.39. The van der Waals surface area contributed by atoms with Crippen molar-refractivity contribution >= 4 is 23.2 Å². The van der Waals surface area contributed by atoms with Gasteiger partial charge in [0, 0.05) is 11.9 Å². The van der Waals surface area contributed by atoms with Gasteiger partial charge >= 0.3 is 5.97 Å². The van der Waals surface area contributed by atoms with E-state index in [1.165, 1.54) is 37.0 Å². The molecule has 1 rings (SSSR count). The quantitative estimate of drug-likeness (QED) is 0.426. The van der Waals surface area contributed by atoms with Gasteiger partial charge in [-0.05, 0) is 17.9 Å². The Morgan fingerprint density at radius 3 is 2.48 bits per heavy atom.